The number of ether oxygens (including phenoxy) is 1. The molecule has 8 atom stereocenters. The second-order valence-corrected chi connectivity index (χ2v) is 11.8. The average Bonchev–Trinajstić information content (AvgIpc) is 3.41. The Morgan fingerprint density at radius 3 is 2.79 bits per heavy atom. The van der Waals surface area contributed by atoms with E-state index in [0.29, 0.717) is 42.8 Å². The van der Waals surface area contributed by atoms with E-state index in [0.717, 1.165) is 43.4 Å². The van der Waals surface area contributed by atoms with Crippen molar-refractivity contribution >= 4 is 5.78 Å². The van der Waals surface area contributed by atoms with Crippen molar-refractivity contribution < 1.29 is 14.6 Å². The second-order valence-electron chi connectivity index (χ2n) is 11.8. The number of hydrogen-bond acceptors (Lipinski definition) is 5. The number of carbonyl (C=O) groups excluding carboxylic acids is 1. The van der Waals surface area contributed by atoms with Crippen LogP contribution in [0.15, 0.2) is 12.4 Å². The summed E-state index contributed by atoms with van der Waals surface area (Å²) in [4.78, 5) is 13.3. The van der Waals surface area contributed by atoms with Gasteiger partial charge in [-0.1, -0.05) is 6.92 Å². The van der Waals surface area contributed by atoms with E-state index < -0.39 is 5.60 Å². The number of rotatable bonds is 6. The molecule has 1 heterocycles. The molecule has 4 saturated carbocycles. The van der Waals surface area contributed by atoms with Crippen LogP contribution in [0.5, 0.6) is 0 Å². The monoisotopic (exact) mass is 453 g/mol. The summed E-state index contributed by atoms with van der Waals surface area (Å²) in [5, 5.41) is 24.2. The van der Waals surface area contributed by atoms with Gasteiger partial charge < -0.3 is 9.84 Å². The lowest BCUT2D eigenvalue weighted by atomic mass is 9.49. The summed E-state index contributed by atoms with van der Waals surface area (Å²) in [6.07, 6.45) is 13.8. The first kappa shape index (κ1) is 23.1. The van der Waals surface area contributed by atoms with E-state index in [-0.39, 0.29) is 11.3 Å². The number of carbonyl (C=O) groups is 1. The van der Waals surface area contributed by atoms with Gasteiger partial charge in [0, 0.05) is 32.2 Å². The minimum Gasteiger partial charge on any atom is -0.387 e. The molecule has 1 N–H and O–H groups in total. The predicted molar refractivity (Wildman–Crippen MR) is 124 cm³/mol. The van der Waals surface area contributed by atoms with Gasteiger partial charge in [-0.3, -0.25) is 9.48 Å². The summed E-state index contributed by atoms with van der Waals surface area (Å²) in [5.41, 5.74) is 0.0605. The molecule has 33 heavy (non-hydrogen) atoms. The molecule has 4 aliphatic rings. The number of aliphatic hydroxyl groups is 1. The van der Waals surface area contributed by atoms with E-state index in [1.807, 2.05) is 0 Å². The molecule has 0 radical (unpaired) electrons. The van der Waals surface area contributed by atoms with Gasteiger partial charge in [-0.2, -0.15) is 10.4 Å². The molecular weight excluding hydrogens is 414 g/mol. The number of Topliss-reactive ketones (excluding diaryl/α,β-unsaturated/α-hetero) is 1. The molecule has 0 aliphatic heterocycles. The van der Waals surface area contributed by atoms with E-state index in [2.05, 4.69) is 18.1 Å². The third kappa shape index (κ3) is 4.06. The second kappa shape index (κ2) is 8.82. The average molecular weight is 454 g/mol. The smallest absolute Gasteiger partial charge is 0.138 e. The summed E-state index contributed by atoms with van der Waals surface area (Å²) in [6.45, 7) is 3.44. The first-order valence-corrected chi connectivity index (χ1v) is 13.0. The van der Waals surface area contributed by atoms with Gasteiger partial charge in [-0.05, 0) is 92.8 Å². The lowest BCUT2D eigenvalue weighted by Crippen LogP contribution is -2.52. The molecule has 0 amide bonds. The van der Waals surface area contributed by atoms with Gasteiger partial charge in [-0.15, -0.1) is 0 Å². The highest BCUT2D eigenvalue weighted by molar-refractivity contribution is 5.82. The number of nitriles is 1. The lowest BCUT2D eigenvalue weighted by molar-refractivity contribution is -0.136. The van der Waals surface area contributed by atoms with E-state index in [1.165, 1.54) is 32.1 Å². The highest BCUT2D eigenvalue weighted by Crippen LogP contribution is 2.64. The van der Waals surface area contributed by atoms with Gasteiger partial charge in [0.15, 0.2) is 0 Å². The number of nitrogens with zero attached hydrogens (tertiary/aromatic N) is 3. The topological polar surface area (TPSA) is 88.1 Å². The molecule has 180 valence electrons. The quantitative estimate of drug-likeness (QED) is 0.691. The number of aryl methyl sites for hydroxylation is 1. The van der Waals surface area contributed by atoms with Crippen molar-refractivity contribution in [1.29, 1.82) is 5.26 Å². The van der Waals surface area contributed by atoms with Crippen LogP contribution in [-0.2, 0) is 16.1 Å². The van der Waals surface area contributed by atoms with Crippen LogP contribution in [0.25, 0.3) is 0 Å². The predicted octanol–water partition coefficient (Wildman–Crippen LogP) is 4.36. The molecule has 1 aromatic heterocycles. The number of hydrogen-bond donors (Lipinski definition) is 1. The fourth-order valence-electron chi connectivity index (χ4n) is 8.83. The minimum atomic E-state index is -0.626. The summed E-state index contributed by atoms with van der Waals surface area (Å²) in [7, 11) is 1.69. The highest BCUT2D eigenvalue weighted by Gasteiger charge is 2.58. The first-order chi connectivity index (χ1) is 15.9. The van der Waals surface area contributed by atoms with Crippen LogP contribution in [0.4, 0.5) is 0 Å². The minimum absolute atomic E-state index is 0.137. The highest BCUT2D eigenvalue weighted by atomic mass is 16.5. The zero-order chi connectivity index (χ0) is 23.2. The standard InChI is InChI=1S/C27H39N3O3/c1-26-10-7-21-20-8-11-27(32,17-33-2)13-19(20)3-4-22(21)23(26)5-6-24(26)25(31)9-12-30-16-18(14-28)15-29-30/h15-16,19-24,32H,3-13,17H2,1-2H3/t19-,20-,21+,22+,23-,24+,26-,27+/m0/s1. The Kier molecular flexibility index (Phi) is 6.16. The molecule has 4 fully saturated rings. The fraction of sp³-hybridized carbons (Fsp3) is 0.815. The van der Waals surface area contributed by atoms with Crippen molar-refractivity contribution in [1.82, 2.24) is 9.78 Å². The summed E-state index contributed by atoms with van der Waals surface area (Å²) in [5.74, 6) is 4.14. The van der Waals surface area contributed by atoms with Crippen LogP contribution < -0.4 is 0 Å². The first-order valence-electron chi connectivity index (χ1n) is 13.0. The third-order valence-corrected chi connectivity index (χ3v) is 10.3. The maximum Gasteiger partial charge on any atom is 0.138 e. The molecule has 0 unspecified atom stereocenters. The van der Waals surface area contributed by atoms with Crippen molar-refractivity contribution in [2.24, 2.45) is 40.9 Å². The van der Waals surface area contributed by atoms with Gasteiger partial charge in [0.25, 0.3) is 0 Å². The summed E-state index contributed by atoms with van der Waals surface area (Å²) < 4.78 is 7.06. The summed E-state index contributed by atoms with van der Waals surface area (Å²) in [6, 6.07) is 2.10. The Bertz CT molecular complexity index is 922. The number of fused-ring (bicyclic) bond motifs is 5. The maximum atomic E-state index is 13.3. The van der Waals surface area contributed by atoms with Crippen molar-refractivity contribution in [3.05, 3.63) is 18.0 Å². The van der Waals surface area contributed by atoms with E-state index >= 15 is 0 Å². The van der Waals surface area contributed by atoms with E-state index in [1.54, 1.807) is 24.2 Å². The largest absolute Gasteiger partial charge is 0.387 e. The molecule has 6 nitrogen and oxygen atoms in total. The molecule has 0 saturated heterocycles. The molecule has 0 spiro atoms. The Labute approximate surface area is 197 Å². The van der Waals surface area contributed by atoms with Crippen molar-refractivity contribution in [3.8, 4) is 6.07 Å². The number of aromatic nitrogens is 2. The van der Waals surface area contributed by atoms with Gasteiger partial charge in [0.1, 0.15) is 11.9 Å². The lowest BCUT2D eigenvalue weighted by Gasteiger charge is -2.57. The van der Waals surface area contributed by atoms with Crippen molar-refractivity contribution in [2.75, 3.05) is 13.7 Å². The van der Waals surface area contributed by atoms with Gasteiger partial charge in [-0.25, -0.2) is 0 Å². The van der Waals surface area contributed by atoms with Crippen molar-refractivity contribution in [3.63, 3.8) is 0 Å². The van der Waals surface area contributed by atoms with E-state index in [9.17, 15) is 9.90 Å². The Morgan fingerprint density at radius 1 is 1.21 bits per heavy atom. The van der Waals surface area contributed by atoms with Crippen LogP contribution in [0, 0.1) is 52.3 Å². The molecule has 0 aromatic carbocycles. The third-order valence-electron chi connectivity index (χ3n) is 10.3. The molecule has 1 aromatic rings. The Balaban J connectivity index is 1.24. The zero-order valence-electron chi connectivity index (χ0n) is 20.2. The van der Waals surface area contributed by atoms with Gasteiger partial charge >= 0.3 is 0 Å². The van der Waals surface area contributed by atoms with Crippen LogP contribution in [0.1, 0.15) is 76.7 Å². The molecule has 5 rings (SSSR count). The molecule has 4 aliphatic carbocycles. The van der Waals surface area contributed by atoms with Crippen LogP contribution in [0.3, 0.4) is 0 Å². The summed E-state index contributed by atoms with van der Waals surface area (Å²) >= 11 is 0. The molecular formula is C27H39N3O3. The molecule has 0 bridgehead atoms. The van der Waals surface area contributed by atoms with Gasteiger partial charge in [0.2, 0.25) is 0 Å². The normalized spacial score (nSPS) is 42.1. The SMILES string of the molecule is COC[C@@]1(O)CC[C@H]2[C@@H](CC[C@@H]3[C@@H]2CC[C@]2(C)[C@@H](C(=O)CCn4cc(C#N)cn4)CC[C@@H]32)C1. The van der Waals surface area contributed by atoms with Crippen LogP contribution in [0.2, 0.25) is 0 Å². The number of methoxy groups -OCH3 is 1. The fourth-order valence-corrected chi connectivity index (χ4v) is 8.83. The van der Waals surface area contributed by atoms with Crippen LogP contribution >= 0.6 is 0 Å². The zero-order valence-corrected chi connectivity index (χ0v) is 20.2. The molecule has 6 heteroatoms. The maximum absolute atomic E-state index is 13.3. The number of ketones is 1. The Hall–Kier alpha value is -1.71. The Morgan fingerprint density at radius 2 is 2.03 bits per heavy atom. The van der Waals surface area contributed by atoms with Gasteiger partial charge in [0.05, 0.1) is 24.0 Å². The van der Waals surface area contributed by atoms with Crippen LogP contribution in [-0.4, -0.2) is 40.0 Å². The van der Waals surface area contributed by atoms with E-state index in [4.69, 9.17) is 10.00 Å². The van der Waals surface area contributed by atoms with Crippen molar-refractivity contribution in [2.45, 2.75) is 83.3 Å².